The zero-order valence-electron chi connectivity index (χ0n) is 12.1. The van der Waals surface area contributed by atoms with Crippen molar-refractivity contribution in [3.05, 3.63) is 64.7 Å². The number of fused-ring (bicyclic) bond motifs is 1. The van der Waals surface area contributed by atoms with E-state index in [9.17, 15) is 9.90 Å². The molecule has 1 aliphatic heterocycles. The van der Waals surface area contributed by atoms with Crippen LogP contribution in [-0.2, 0) is 17.6 Å². The van der Waals surface area contributed by atoms with Crippen molar-refractivity contribution in [2.45, 2.75) is 25.8 Å². The Morgan fingerprint density at radius 1 is 1.24 bits per heavy atom. The zero-order valence-corrected chi connectivity index (χ0v) is 12.1. The molecular weight excluding hydrogens is 262 g/mol. The highest BCUT2D eigenvalue weighted by Crippen LogP contribution is 2.32. The van der Waals surface area contributed by atoms with E-state index in [1.165, 1.54) is 16.7 Å². The van der Waals surface area contributed by atoms with E-state index in [-0.39, 0.29) is 11.8 Å². The summed E-state index contributed by atoms with van der Waals surface area (Å²) >= 11 is 0. The number of rotatable bonds is 3. The third-order valence-electron chi connectivity index (χ3n) is 4.20. The number of phenolic OH excluding ortho intramolecular Hbond substituents is 1. The van der Waals surface area contributed by atoms with E-state index in [1.54, 1.807) is 12.1 Å². The topological polar surface area (TPSA) is 40.5 Å². The summed E-state index contributed by atoms with van der Waals surface area (Å²) in [5, 5.41) is 9.38. The maximum Gasteiger partial charge on any atom is 0.210 e. The lowest BCUT2D eigenvalue weighted by Gasteiger charge is -2.35. The first-order valence-electron chi connectivity index (χ1n) is 7.26. The zero-order chi connectivity index (χ0) is 14.8. The normalized spacial score (nSPS) is 17.4. The number of carbonyl (C=O) groups is 1. The quantitative estimate of drug-likeness (QED) is 0.879. The van der Waals surface area contributed by atoms with Crippen LogP contribution in [0.1, 0.15) is 28.3 Å². The number of aromatic hydroxyl groups is 1. The lowest BCUT2D eigenvalue weighted by atomic mass is 9.88. The van der Waals surface area contributed by atoms with Crippen LogP contribution >= 0.6 is 0 Å². The van der Waals surface area contributed by atoms with Gasteiger partial charge in [0.15, 0.2) is 0 Å². The number of benzene rings is 2. The van der Waals surface area contributed by atoms with Crippen LogP contribution in [0, 0.1) is 6.92 Å². The second-order valence-electron chi connectivity index (χ2n) is 5.68. The summed E-state index contributed by atoms with van der Waals surface area (Å²) in [4.78, 5) is 13.3. The Bertz CT molecular complexity index is 649. The van der Waals surface area contributed by atoms with Crippen LogP contribution < -0.4 is 0 Å². The molecule has 0 bridgehead atoms. The molecule has 0 saturated carbocycles. The molecule has 0 fully saturated rings. The van der Waals surface area contributed by atoms with Gasteiger partial charge in [-0.1, -0.05) is 35.9 Å². The maximum absolute atomic E-state index is 11.4. The van der Waals surface area contributed by atoms with Crippen molar-refractivity contribution < 1.29 is 9.90 Å². The smallest absolute Gasteiger partial charge is 0.210 e. The summed E-state index contributed by atoms with van der Waals surface area (Å²) in [5.74, 6) is 0.269. The predicted molar refractivity (Wildman–Crippen MR) is 82.2 cm³/mol. The van der Waals surface area contributed by atoms with Crippen LogP contribution in [0.15, 0.2) is 42.5 Å². The van der Waals surface area contributed by atoms with Crippen molar-refractivity contribution in [1.82, 2.24) is 4.90 Å². The van der Waals surface area contributed by atoms with E-state index < -0.39 is 0 Å². The third kappa shape index (κ3) is 2.77. The Hall–Kier alpha value is -2.29. The molecule has 1 N–H and O–H groups in total. The Morgan fingerprint density at radius 2 is 2.00 bits per heavy atom. The molecule has 1 aliphatic rings. The lowest BCUT2D eigenvalue weighted by Crippen LogP contribution is -2.35. The summed E-state index contributed by atoms with van der Waals surface area (Å²) < 4.78 is 0. The van der Waals surface area contributed by atoms with Gasteiger partial charge in [-0.05, 0) is 48.6 Å². The Balaban J connectivity index is 1.94. The molecule has 3 nitrogen and oxygen atoms in total. The van der Waals surface area contributed by atoms with Crippen LogP contribution in [-0.4, -0.2) is 23.0 Å². The highest BCUT2D eigenvalue weighted by molar-refractivity contribution is 5.52. The van der Waals surface area contributed by atoms with Gasteiger partial charge in [0.1, 0.15) is 5.75 Å². The first-order valence-corrected chi connectivity index (χ1v) is 7.26. The highest BCUT2D eigenvalue weighted by atomic mass is 16.3. The van der Waals surface area contributed by atoms with E-state index in [0.29, 0.717) is 0 Å². The number of carbonyl (C=O) groups excluding carboxylic acids is 1. The van der Waals surface area contributed by atoms with Gasteiger partial charge in [0, 0.05) is 6.54 Å². The summed E-state index contributed by atoms with van der Waals surface area (Å²) in [6.45, 7) is 2.87. The maximum atomic E-state index is 11.4. The van der Waals surface area contributed by atoms with E-state index >= 15 is 0 Å². The van der Waals surface area contributed by atoms with Gasteiger partial charge < -0.3 is 10.0 Å². The SMILES string of the molecule is Cc1ccc2c(c1)CCN(C=O)[C@@H]2Cc1ccc(O)cc1. The molecule has 1 amide bonds. The molecule has 0 radical (unpaired) electrons. The second-order valence-corrected chi connectivity index (χ2v) is 5.68. The summed E-state index contributed by atoms with van der Waals surface area (Å²) in [5.41, 5.74) is 4.97. The van der Waals surface area contributed by atoms with Crippen LogP contribution in [0.25, 0.3) is 0 Å². The average Bonchev–Trinajstić information content (AvgIpc) is 2.49. The van der Waals surface area contributed by atoms with Crippen molar-refractivity contribution in [2.75, 3.05) is 6.54 Å². The first-order chi connectivity index (χ1) is 10.2. The molecule has 3 rings (SSSR count). The molecule has 0 aromatic heterocycles. The molecule has 1 atom stereocenters. The van der Waals surface area contributed by atoms with Crippen molar-refractivity contribution in [2.24, 2.45) is 0 Å². The van der Waals surface area contributed by atoms with Gasteiger partial charge in [-0.25, -0.2) is 0 Å². The molecule has 0 saturated heterocycles. The molecule has 2 aromatic carbocycles. The van der Waals surface area contributed by atoms with Crippen LogP contribution in [0.3, 0.4) is 0 Å². The summed E-state index contributed by atoms with van der Waals surface area (Å²) in [6.07, 6.45) is 2.64. The van der Waals surface area contributed by atoms with Gasteiger partial charge in [-0.15, -0.1) is 0 Å². The van der Waals surface area contributed by atoms with Gasteiger partial charge in [0.25, 0.3) is 0 Å². The molecule has 3 heteroatoms. The van der Waals surface area contributed by atoms with Gasteiger partial charge in [-0.2, -0.15) is 0 Å². The fourth-order valence-corrected chi connectivity index (χ4v) is 3.07. The average molecular weight is 281 g/mol. The molecular formula is C18H19NO2. The van der Waals surface area contributed by atoms with Crippen molar-refractivity contribution in [1.29, 1.82) is 0 Å². The predicted octanol–water partition coefficient (Wildman–Crippen LogP) is 3.00. The summed E-state index contributed by atoms with van der Waals surface area (Å²) in [6, 6.07) is 13.8. The molecule has 0 unspecified atom stereocenters. The molecule has 0 aliphatic carbocycles. The molecule has 1 heterocycles. The van der Waals surface area contributed by atoms with Gasteiger partial charge in [0.2, 0.25) is 6.41 Å². The van der Waals surface area contributed by atoms with E-state index in [2.05, 4.69) is 25.1 Å². The summed E-state index contributed by atoms with van der Waals surface area (Å²) in [7, 11) is 0. The minimum atomic E-state index is 0.0800. The lowest BCUT2D eigenvalue weighted by molar-refractivity contribution is -0.120. The number of hydrogen-bond acceptors (Lipinski definition) is 2. The monoisotopic (exact) mass is 281 g/mol. The fourth-order valence-electron chi connectivity index (χ4n) is 3.07. The molecule has 2 aromatic rings. The van der Waals surface area contributed by atoms with E-state index in [4.69, 9.17) is 0 Å². The Morgan fingerprint density at radius 3 is 2.71 bits per heavy atom. The molecule has 21 heavy (non-hydrogen) atoms. The molecule has 108 valence electrons. The van der Waals surface area contributed by atoms with Gasteiger partial charge >= 0.3 is 0 Å². The van der Waals surface area contributed by atoms with E-state index in [1.807, 2.05) is 17.0 Å². The van der Waals surface area contributed by atoms with Gasteiger partial charge in [0.05, 0.1) is 6.04 Å². The van der Waals surface area contributed by atoms with Crippen molar-refractivity contribution >= 4 is 6.41 Å². The van der Waals surface area contributed by atoms with Crippen molar-refractivity contribution in [3.63, 3.8) is 0 Å². The molecule has 0 spiro atoms. The highest BCUT2D eigenvalue weighted by Gasteiger charge is 2.26. The standard InChI is InChI=1S/C18H19NO2/c1-13-2-7-17-15(10-13)8-9-19(12-20)18(17)11-14-3-5-16(21)6-4-14/h2-7,10,12,18,21H,8-9,11H2,1H3/t18-/m1/s1. The minimum Gasteiger partial charge on any atom is -0.508 e. The first kappa shape index (κ1) is 13.7. The number of hydrogen-bond donors (Lipinski definition) is 1. The third-order valence-corrected chi connectivity index (χ3v) is 4.20. The van der Waals surface area contributed by atoms with Gasteiger partial charge in [-0.3, -0.25) is 4.79 Å². The Labute approximate surface area is 124 Å². The van der Waals surface area contributed by atoms with Crippen LogP contribution in [0.2, 0.25) is 0 Å². The minimum absolute atomic E-state index is 0.0800. The fraction of sp³-hybridized carbons (Fsp3) is 0.278. The number of aryl methyl sites for hydroxylation is 1. The number of nitrogens with zero attached hydrogens (tertiary/aromatic N) is 1. The van der Waals surface area contributed by atoms with Crippen LogP contribution in [0.5, 0.6) is 5.75 Å². The van der Waals surface area contributed by atoms with E-state index in [0.717, 1.165) is 31.4 Å². The Kier molecular flexibility index (Phi) is 3.65. The number of phenols is 1. The van der Waals surface area contributed by atoms with Crippen LogP contribution in [0.4, 0.5) is 0 Å². The largest absolute Gasteiger partial charge is 0.508 e. The second kappa shape index (κ2) is 5.60. The number of amides is 1. The van der Waals surface area contributed by atoms with Crippen molar-refractivity contribution in [3.8, 4) is 5.75 Å².